The van der Waals surface area contributed by atoms with Gasteiger partial charge in [-0.05, 0) is 6.07 Å². The highest BCUT2D eigenvalue weighted by Gasteiger charge is 2.16. The lowest BCUT2D eigenvalue weighted by Crippen LogP contribution is -2.37. The third-order valence-electron chi connectivity index (χ3n) is 2.19. The first kappa shape index (κ1) is 13.1. The number of carbonyl (C=O) groups excluding carboxylic acids is 2. The van der Waals surface area contributed by atoms with Crippen molar-refractivity contribution in [3.8, 4) is 0 Å². The van der Waals surface area contributed by atoms with E-state index >= 15 is 0 Å². The van der Waals surface area contributed by atoms with E-state index in [1.165, 1.54) is 29.1 Å². The van der Waals surface area contributed by atoms with Gasteiger partial charge < -0.3 is 9.80 Å². The van der Waals surface area contributed by atoms with Gasteiger partial charge in [0, 0.05) is 39.0 Å². The fraction of sp³-hybridized carbons (Fsp3) is 0.364. The smallest absolute Gasteiger partial charge is 0.254 e. The summed E-state index contributed by atoms with van der Waals surface area (Å²) in [6.07, 6.45) is 1.21. The van der Waals surface area contributed by atoms with Crippen LogP contribution in [0.2, 0.25) is 0 Å². The summed E-state index contributed by atoms with van der Waals surface area (Å²) in [5.41, 5.74) is 0.173. The van der Waals surface area contributed by atoms with Crippen LogP contribution in [-0.4, -0.2) is 54.3 Å². The maximum atomic E-state index is 12.8. The van der Waals surface area contributed by atoms with Crippen molar-refractivity contribution in [1.82, 2.24) is 14.8 Å². The maximum absolute atomic E-state index is 12.8. The van der Waals surface area contributed by atoms with E-state index in [4.69, 9.17) is 0 Å². The number of nitrogens with zero attached hydrogens (tertiary/aromatic N) is 3. The molecule has 0 fully saturated rings. The molecule has 0 spiro atoms. The van der Waals surface area contributed by atoms with Crippen molar-refractivity contribution in [3.63, 3.8) is 0 Å². The van der Waals surface area contributed by atoms with Crippen molar-refractivity contribution in [2.45, 2.75) is 0 Å². The fourth-order valence-electron chi connectivity index (χ4n) is 1.17. The number of hydrogen-bond acceptors (Lipinski definition) is 3. The minimum atomic E-state index is -0.719. The summed E-state index contributed by atoms with van der Waals surface area (Å²) in [5, 5.41) is 0. The van der Waals surface area contributed by atoms with Gasteiger partial charge in [0.2, 0.25) is 11.9 Å². The maximum Gasteiger partial charge on any atom is 0.254 e. The Kier molecular flexibility index (Phi) is 4.14. The van der Waals surface area contributed by atoms with E-state index in [1.807, 2.05) is 0 Å². The number of pyridine rings is 1. The molecule has 0 saturated carbocycles. The molecule has 2 amide bonds. The van der Waals surface area contributed by atoms with Crippen molar-refractivity contribution in [2.75, 3.05) is 27.7 Å². The summed E-state index contributed by atoms with van der Waals surface area (Å²) in [6, 6.07) is 2.45. The van der Waals surface area contributed by atoms with E-state index in [1.54, 1.807) is 14.1 Å². The molecule has 0 radical (unpaired) electrons. The van der Waals surface area contributed by atoms with Crippen LogP contribution in [0.3, 0.4) is 0 Å². The van der Waals surface area contributed by atoms with Crippen LogP contribution < -0.4 is 0 Å². The number of hydrogen-bond donors (Lipinski definition) is 0. The quantitative estimate of drug-likeness (QED) is 0.717. The van der Waals surface area contributed by atoms with Gasteiger partial charge in [-0.25, -0.2) is 4.98 Å². The SMILES string of the molecule is CN(C)C(=O)CN(C)C(=O)c1ccnc(F)c1. The zero-order valence-electron chi connectivity index (χ0n) is 9.98. The van der Waals surface area contributed by atoms with Gasteiger partial charge in [-0.2, -0.15) is 4.39 Å². The van der Waals surface area contributed by atoms with E-state index in [0.717, 1.165) is 6.07 Å². The fourth-order valence-corrected chi connectivity index (χ4v) is 1.17. The first-order chi connectivity index (χ1) is 7.91. The van der Waals surface area contributed by atoms with E-state index in [0.29, 0.717) is 0 Å². The molecule has 1 aromatic heterocycles. The molecule has 0 N–H and O–H groups in total. The highest BCUT2D eigenvalue weighted by atomic mass is 19.1. The lowest BCUT2D eigenvalue weighted by molar-refractivity contribution is -0.129. The van der Waals surface area contributed by atoms with Gasteiger partial charge in [0.05, 0.1) is 6.54 Å². The molecule has 92 valence electrons. The summed E-state index contributed by atoms with van der Waals surface area (Å²) in [6.45, 7) is -0.0459. The molecule has 0 aliphatic heterocycles. The molecule has 6 heteroatoms. The minimum Gasteiger partial charge on any atom is -0.347 e. The van der Waals surface area contributed by atoms with Crippen molar-refractivity contribution in [2.24, 2.45) is 0 Å². The third-order valence-corrected chi connectivity index (χ3v) is 2.19. The van der Waals surface area contributed by atoms with Crippen molar-refractivity contribution >= 4 is 11.8 Å². The Balaban J connectivity index is 2.73. The predicted molar refractivity (Wildman–Crippen MR) is 59.8 cm³/mol. The van der Waals surface area contributed by atoms with Gasteiger partial charge in [0.15, 0.2) is 0 Å². The lowest BCUT2D eigenvalue weighted by Gasteiger charge is -2.19. The molecule has 1 aromatic rings. The van der Waals surface area contributed by atoms with Crippen LogP contribution >= 0.6 is 0 Å². The summed E-state index contributed by atoms with van der Waals surface area (Å²) in [4.78, 5) is 29.2. The van der Waals surface area contributed by atoms with E-state index in [2.05, 4.69) is 4.98 Å². The van der Waals surface area contributed by atoms with E-state index < -0.39 is 11.9 Å². The zero-order valence-corrected chi connectivity index (χ0v) is 9.98. The normalized spacial score (nSPS) is 9.88. The molecule has 0 aromatic carbocycles. The van der Waals surface area contributed by atoms with Crippen LogP contribution in [0.5, 0.6) is 0 Å². The molecular weight excluding hydrogens is 225 g/mol. The molecule has 0 atom stereocenters. The third kappa shape index (κ3) is 3.51. The summed E-state index contributed by atoms with van der Waals surface area (Å²) >= 11 is 0. The largest absolute Gasteiger partial charge is 0.347 e. The molecule has 1 rings (SSSR count). The van der Waals surface area contributed by atoms with Crippen LogP contribution in [0.15, 0.2) is 18.3 Å². The molecule has 0 bridgehead atoms. The number of likely N-dealkylation sites (N-methyl/N-ethyl adjacent to an activating group) is 2. The highest BCUT2D eigenvalue weighted by Crippen LogP contribution is 2.04. The Morgan fingerprint density at radius 2 is 2.00 bits per heavy atom. The molecule has 0 aliphatic rings. The zero-order chi connectivity index (χ0) is 13.0. The second-order valence-corrected chi connectivity index (χ2v) is 3.82. The van der Waals surface area contributed by atoms with Gasteiger partial charge in [-0.3, -0.25) is 9.59 Å². The molecule has 0 saturated heterocycles. The summed E-state index contributed by atoms with van der Waals surface area (Å²) in [5.74, 6) is -1.33. The number of rotatable bonds is 3. The van der Waals surface area contributed by atoms with Crippen LogP contribution in [0, 0.1) is 5.95 Å². The van der Waals surface area contributed by atoms with Crippen LogP contribution in [0.1, 0.15) is 10.4 Å². The molecule has 17 heavy (non-hydrogen) atoms. The standard InChI is InChI=1S/C11H14FN3O2/c1-14(2)10(16)7-15(3)11(17)8-4-5-13-9(12)6-8/h4-6H,7H2,1-3H3. The summed E-state index contributed by atoms with van der Waals surface area (Å²) < 4.78 is 12.8. The van der Waals surface area contributed by atoms with Gasteiger partial charge in [-0.1, -0.05) is 0 Å². The Morgan fingerprint density at radius 1 is 1.35 bits per heavy atom. The molecular formula is C11H14FN3O2. The molecule has 5 nitrogen and oxygen atoms in total. The molecule has 0 unspecified atom stereocenters. The first-order valence-electron chi connectivity index (χ1n) is 4.99. The average Bonchev–Trinajstić information content (AvgIpc) is 2.27. The van der Waals surface area contributed by atoms with E-state index in [-0.39, 0.29) is 18.0 Å². The van der Waals surface area contributed by atoms with Crippen LogP contribution in [-0.2, 0) is 4.79 Å². The number of aromatic nitrogens is 1. The number of amides is 2. The molecule has 1 heterocycles. The highest BCUT2D eigenvalue weighted by molar-refractivity contribution is 5.96. The molecule has 0 aliphatic carbocycles. The van der Waals surface area contributed by atoms with Gasteiger partial charge in [-0.15, -0.1) is 0 Å². The number of halogens is 1. The van der Waals surface area contributed by atoms with Gasteiger partial charge >= 0.3 is 0 Å². The second kappa shape index (κ2) is 5.38. The summed E-state index contributed by atoms with van der Waals surface area (Å²) in [7, 11) is 4.70. The van der Waals surface area contributed by atoms with Crippen molar-refractivity contribution < 1.29 is 14.0 Å². The topological polar surface area (TPSA) is 53.5 Å². The van der Waals surface area contributed by atoms with Crippen molar-refractivity contribution in [3.05, 3.63) is 29.8 Å². The Bertz CT molecular complexity index is 434. The van der Waals surface area contributed by atoms with Gasteiger partial charge in [0.1, 0.15) is 0 Å². The second-order valence-electron chi connectivity index (χ2n) is 3.82. The number of carbonyl (C=O) groups is 2. The average molecular weight is 239 g/mol. The predicted octanol–water partition coefficient (Wildman–Crippen LogP) is 0.381. The lowest BCUT2D eigenvalue weighted by atomic mass is 10.2. The van der Waals surface area contributed by atoms with Crippen molar-refractivity contribution in [1.29, 1.82) is 0 Å². The minimum absolute atomic E-state index is 0.0459. The van der Waals surface area contributed by atoms with Crippen LogP contribution in [0.25, 0.3) is 0 Å². The monoisotopic (exact) mass is 239 g/mol. The Hall–Kier alpha value is -1.98. The Labute approximate surface area is 98.8 Å². The van der Waals surface area contributed by atoms with E-state index in [9.17, 15) is 14.0 Å². The Morgan fingerprint density at radius 3 is 2.53 bits per heavy atom. The van der Waals surface area contributed by atoms with Crippen LogP contribution in [0.4, 0.5) is 4.39 Å². The van der Waals surface area contributed by atoms with Gasteiger partial charge in [0.25, 0.3) is 5.91 Å². The first-order valence-corrected chi connectivity index (χ1v) is 4.99.